The number of rotatable bonds is 8. The molecule has 0 radical (unpaired) electrons. The second-order valence-corrected chi connectivity index (χ2v) is 4.68. The molecule has 4 heteroatoms. The molecule has 0 atom stereocenters. The second kappa shape index (κ2) is 6.90. The van der Waals surface area contributed by atoms with Gasteiger partial charge in [0.15, 0.2) is 0 Å². The molecule has 0 unspecified atom stereocenters. The van der Waals surface area contributed by atoms with Gasteiger partial charge in [0.25, 0.3) is 0 Å². The van der Waals surface area contributed by atoms with Crippen molar-refractivity contribution in [3.63, 3.8) is 0 Å². The van der Waals surface area contributed by atoms with Gasteiger partial charge in [-0.1, -0.05) is 20.8 Å². The quantitative estimate of drug-likeness (QED) is 0.774. The van der Waals surface area contributed by atoms with Crippen LogP contribution in [0.1, 0.15) is 51.9 Å². The van der Waals surface area contributed by atoms with Crippen LogP contribution in [-0.2, 0) is 24.3 Å². The van der Waals surface area contributed by atoms with Crippen molar-refractivity contribution in [2.45, 2.75) is 65.7 Å². The van der Waals surface area contributed by atoms with Gasteiger partial charge in [0.1, 0.15) is 0 Å². The number of hydrogen-bond acceptors (Lipinski definition) is 3. The summed E-state index contributed by atoms with van der Waals surface area (Å²) < 4.78 is 8.10. The van der Waals surface area contributed by atoms with E-state index in [-0.39, 0.29) is 5.60 Å². The van der Waals surface area contributed by atoms with Crippen molar-refractivity contribution in [3.8, 4) is 0 Å². The number of hydrogen-bond donors (Lipinski definition) is 1. The van der Waals surface area contributed by atoms with E-state index in [1.165, 1.54) is 0 Å². The lowest BCUT2D eigenvalue weighted by Crippen LogP contribution is -2.39. The number of ether oxygens (including phenoxy) is 1. The van der Waals surface area contributed by atoms with Crippen LogP contribution in [-0.4, -0.2) is 21.9 Å². The minimum atomic E-state index is -0.185. The first kappa shape index (κ1) is 15.2. The molecule has 0 fully saturated rings. The third kappa shape index (κ3) is 3.33. The summed E-state index contributed by atoms with van der Waals surface area (Å²) in [6.45, 7) is 10.5. The predicted molar refractivity (Wildman–Crippen MR) is 74.4 cm³/mol. The van der Waals surface area contributed by atoms with E-state index in [1.807, 2.05) is 4.68 Å². The van der Waals surface area contributed by atoms with Crippen LogP contribution in [0.15, 0.2) is 6.07 Å². The topological polar surface area (TPSA) is 53.1 Å². The van der Waals surface area contributed by atoms with Crippen molar-refractivity contribution < 1.29 is 4.74 Å². The fraction of sp³-hybridized carbons (Fsp3) is 0.786. The number of nitrogens with zero attached hydrogens (tertiary/aromatic N) is 2. The molecule has 2 N–H and O–H groups in total. The van der Waals surface area contributed by atoms with Gasteiger partial charge in [-0.15, -0.1) is 0 Å². The van der Waals surface area contributed by atoms with E-state index in [4.69, 9.17) is 10.5 Å². The molecule has 0 aromatic carbocycles. The van der Waals surface area contributed by atoms with Crippen molar-refractivity contribution in [1.29, 1.82) is 0 Å². The molecule has 0 saturated heterocycles. The van der Waals surface area contributed by atoms with Gasteiger partial charge in [-0.3, -0.25) is 4.68 Å². The lowest BCUT2D eigenvalue weighted by atomic mass is 9.97. The lowest BCUT2D eigenvalue weighted by Gasteiger charge is -2.30. The fourth-order valence-electron chi connectivity index (χ4n) is 2.11. The molecule has 1 aromatic rings. The summed E-state index contributed by atoms with van der Waals surface area (Å²) in [4.78, 5) is 0. The van der Waals surface area contributed by atoms with Crippen LogP contribution in [0.4, 0.5) is 0 Å². The van der Waals surface area contributed by atoms with E-state index in [0.29, 0.717) is 13.2 Å². The molecule has 0 bridgehead atoms. The van der Waals surface area contributed by atoms with Crippen molar-refractivity contribution >= 4 is 0 Å². The average molecular weight is 253 g/mol. The summed E-state index contributed by atoms with van der Waals surface area (Å²) in [5.74, 6) is 0. The Bertz CT molecular complexity index is 348. The van der Waals surface area contributed by atoms with E-state index < -0.39 is 0 Å². The van der Waals surface area contributed by atoms with E-state index in [9.17, 15) is 0 Å². The standard InChI is InChI=1S/C14H27N3O/c1-5-12-9-13(17(8-4)16-12)10-18-14(6-2,7-3)11-15/h9H,5-8,10-11,15H2,1-4H3. The summed E-state index contributed by atoms with van der Waals surface area (Å²) in [6.07, 6.45) is 2.85. The molecular formula is C14H27N3O. The molecule has 104 valence electrons. The number of aryl methyl sites for hydroxylation is 2. The van der Waals surface area contributed by atoms with Crippen LogP contribution in [0, 0.1) is 0 Å². The Morgan fingerprint density at radius 3 is 2.39 bits per heavy atom. The summed E-state index contributed by atoms with van der Waals surface area (Å²) in [5.41, 5.74) is 7.94. The highest BCUT2D eigenvalue weighted by Gasteiger charge is 2.25. The van der Waals surface area contributed by atoms with Crippen LogP contribution < -0.4 is 5.73 Å². The maximum Gasteiger partial charge on any atom is 0.0893 e. The van der Waals surface area contributed by atoms with Gasteiger partial charge in [0.2, 0.25) is 0 Å². The van der Waals surface area contributed by atoms with Gasteiger partial charge in [-0.25, -0.2) is 0 Å². The first-order valence-corrected chi connectivity index (χ1v) is 7.04. The van der Waals surface area contributed by atoms with Crippen molar-refractivity contribution in [1.82, 2.24) is 9.78 Å². The Morgan fingerprint density at radius 2 is 1.94 bits per heavy atom. The summed E-state index contributed by atoms with van der Waals surface area (Å²) in [6, 6.07) is 2.14. The second-order valence-electron chi connectivity index (χ2n) is 4.68. The first-order valence-electron chi connectivity index (χ1n) is 7.04. The molecule has 4 nitrogen and oxygen atoms in total. The van der Waals surface area contributed by atoms with Crippen molar-refractivity contribution in [2.75, 3.05) is 6.54 Å². The number of aromatic nitrogens is 2. The Hall–Kier alpha value is -0.870. The first-order chi connectivity index (χ1) is 8.64. The highest BCUT2D eigenvalue weighted by molar-refractivity contribution is 5.09. The third-order valence-corrected chi connectivity index (χ3v) is 3.76. The Morgan fingerprint density at radius 1 is 1.28 bits per heavy atom. The summed E-state index contributed by atoms with van der Waals surface area (Å²) in [7, 11) is 0. The van der Waals surface area contributed by atoms with Crippen LogP contribution in [0.5, 0.6) is 0 Å². The molecule has 0 amide bonds. The smallest absolute Gasteiger partial charge is 0.0893 e. The van der Waals surface area contributed by atoms with Crippen LogP contribution in [0.25, 0.3) is 0 Å². The Labute approximate surface area is 111 Å². The largest absolute Gasteiger partial charge is 0.367 e. The SMILES string of the molecule is CCc1cc(COC(CC)(CC)CN)n(CC)n1. The van der Waals surface area contributed by atoms with E-state index >= 15 is 0 Å². The molecule has 18 heavy (non-hydrogen) atoms. The highest BCUT2D eigenvalue weighted by Crippen LogP contribution is 2.21. The van der Waals surface area contributed by atoms with E-state index in [0.717, 1.165) is 37.2 Å². The number of nitrogens with two attached hydrogens (primary N) is 1. The zero-order chi connectivity index (χ0) is 13.6. The van der Waals surface area contributed by atoms with Crippen LogP contribution in [0.2, 0.25) is 0 Å². The Kier molecular flexibility index (Phi) is 5.82. The molecule has 1 aromatic heterocycles. The molecule has 0 aliphatic heterocycles. The summed E-state index contributed by atoms with van der Waals surface area (Å²) >= 11 is 0. The van der Waals surface area contributed by atoms with Gasteiger partial charge in [-0.2, -0.15) is 5.10 Å². The Balaban J connectivity index is 2.75. The van der Waals surface area contributed by atoms with E-state index in [2.05, 4.69) is 38.9 Å². The maximum absolute atomic E-state index is 6.08. The van der Waals surface area contributed by atoms with Gasteiger partial charge >= 0.3 is 0 Å². The fourth-order valence-corrected chi connectivity index (χ4v) is 2.11. The van der Waals surface area contributed by atoms with Crippen LogP contribution in [0.3, 0.4) is 0 Å². The zero-order valence-corrected chi connectivity index (χ0v) is 12.2. The summed E-state index contributed by atoms with van der Waals surface area (Å²) in [5, 5.41) is 4.53. The molecule has 0 aliphatic carbocycles. The van der Waals surface area contributed by atoms with Crippen molar-refractivity contribution in [3.05, 3.63) is 17.5 Å². The zero-order valence-electron chi connectivity index (χ0n) is 12.2. The van der Waals surface area contributed by atoms with E-state index in [1.54, 1.807) is 0 Å². The third-order valence-electron chi connectivity index (χ3n) is 3.76. The van der Waals surface area contributed by atoms with Gasteiger partial charge in [0.05, 0.1) is 23.6 Å². The monoisotopic (exact) mass is 253 g/mol. The molecule has 1 rings (SSSR count). The van der Waals surface area contributed by atoms with Gasteiger partial charge in [-0.05, 0) is 32.3 Å². The molecule has 1 heterocycles. The minimum Gasteiger partial charge on any atom is -0.367 e. The minimum absolute atomic E-state index is 0.185. The van der Waals surface area contributed by atoms with Crippen LogP contribution >= 0.6 is 0 Å². The maximum atomic E-state index is 6.08. The highest BCUT2D eigenvalue weighted by atomic mass is 16.5. The molecular weight excluding hydrogens is 226 g/mol. The van der Waals surface area contributed by atoms with Crippen molar-refractivity contribution in [2.24, 2.45) is 5.73 Å². The normalized spacial score (nSPS) is 12.1. The molecule has 0 aliphatic rings. The molecule has 0 spiro atoms. The van der Waals surface area contributed by atoms with Gasteiger partial charge < -0.3 is 10.5 Å². The lowest BCUT2D eigenvalue weighted by molar-refractivity contribution is -0.0577. The van der Waals surface area contributed by atoms with Gasteiger partial charge in [0, 0.05) is 13.1 Å². The average Bonchev–Trinajstić information content (AvgIpc) is 2.83. The predicted octanol–water partition coefficient (Wildman–Crippen LogP) is 2.50. The molecule has 0 saturated carbocycles.